The number of rotatable bonds is 5. The van der Waals surface area contributed by atoms with E-state index in [2.05, 4.69) is 50.7 Å². The predicted molar refractivity (Wildman–Crippen MR) is 130 cm³/mol. The molecule has 0 radical (unpaired) electrons. The lowest BCUT2D eigenvalue weighted by Crippen LogP contribution is -2.50. The first-order valence-corrected chi connectivity index (χ1v) is 12.0. The molecule has 0 bridgehead atoms. The zero-order valence-corrected chi connectivity index (χ0v) is 19.8. The molecule has 9 heteroatoms. The molecule has 0 spiro atoms. The largest absolute Gasteiger partial charge is 0.342 e. The second-order valence-corrected chi connectivity index (χ2v) is 9.66. The van der Waals surface area contributed by atoms with Crippen molar-refractivity contribution in [2.24, 2.45) is 0 Å². The Morgan fingerprint density at radius 3 is 2.53 bits per heavy atom. The molecule has 2 aromatic carbocycles. The van der Waals surface area contributed by atoms with Gasteiger partial charge in [0.1, 0.15) is 6.33 Å². The van der Waals surface area contributed by atoms with Gasteiger partial charge in [-0.05, 0) is 37.6 Å². The molecule has 1 saturated heterocycles. The lowest BCUT2D eigenvalue weighted by Gasteiger charge is -2.42. The van der Waals surface area contributed by atoms with E-state index in [4.69, 9.17) is 28.2 Å². The van der Waals surface area contributed by atoms with E-state index in [1.54, 1.807) is 12.4 Å². The summed E-state index contributed by atoms with van der Waals surface area (Å²) in [6.45, 7) is 1.76. The standard InChI is InChI=1S/C23H22Cl2N6S/c1-26-23(16-6-3-2-4-7-16)10-12-30(13-11-23)22-27-14-19(21-29-28-15-31(21)22)32-18-9-5-8-17(24)20(18)25/h2-9,14-15,26H,10-13H2,1H3. The zero-order valence-electron chi connectivity index (χ0n) is 17.5. The van der Waals surface area contributed by atoms with Gasteiger partial charge in [0.15, 0.2) is 5.65 Å². The first-order chi connectivity index (χ1) is 15.6. The van der Waals surface area contributed by atoms with Crippen molar-refractivity contribution >= 4 is 46.6 Å². The number of nitrogens with zero attached hydrogens (tertiary/aromatic N) is 5. The molecule has 32 heavy (non-hydrogen) atoms. The maximum absolute atomic E-state index is 6.38. The lowest BCUT2D eigenvalue weighted by atomic mass is 9.81. The number of hydrogen-bond acceptors (Lipinski definition) is 6. The molecule has 1 aliphatic heterocycles. The fourth-order valence-corrected chi connectivity index (χ4v) is 5.69. The van der Waals surface area contributed by atoms with E-state index in [1.807, 2.05) is 29.8 Å². The molecular weight excluding hydrogens is 463 g/mol. The van der Waals surface area contributed by atoms with Crippen molar-refractivity contribution in [3.63, 3.8) is 0 Å². The van der Waals surface area contributed by atoms with Gasteiger partial charge < -0.3 is 10.2 Å². The molecule has 4 aromatic rings. The average Bonchev–Trinajstić information content (AvgIpc) is 3.33. The zero-order chi connectivity index (χ0) is 22.1. The number of fused-ring (bicyclic) bond motifs is 1. The van der Waals surface area contributed by atoms with Crippen LogP contribution in [0.15, 0.2) is 70.8 Å². The Kier molecular flexibility index (Phi) is 5.99. The number of nitrogens with one attached hydrogen (secondary N) is 1. The molecule has 0 saturated carbocycles. The van der Waals surface area contributed by atoms with Crippen LogP contribution in [-0.4, -0.2) is 39.7 Å². The van der Waals surface area contributed by atoms with Crippen LogP contribution in [0.5, 0.6) is 0 Å². The summed E-state index contributed by atoms with van der Waals surface area (Å²) in [7, 11) is 2.05. The van der Waals surface area contributed by atoms with E-state index in [9.17, 15) is 0 Å². The number of aromatic nitrogens is 4. The minimum absolute atomic E-state index is 0.0246. The van der Waals surface area contributed by atoms with Crippen molar-refractivity contribution in [3.05, 3.63) is 76.7 Å². The van der Waals surface area contributed by atoms with Gasteiger partial charge in [-0.3, -0.25) is 0 Å². The van der Waals surface area contributed by atoms with E-state index in [1.165, 1.54) is 17.3 Å². The molecule has 1 fully saturated rings. The van der Waals surface area contributed by atoms with Crippen LogP contribution in [0.25, 0.3) is 5.65 Å². The molecule has 1 N–H and O–H groups in total. The van der Waals surface area contributed by atoms with Gasteiger partial charge in [-0.2, -0.15) is 0 Å². The molecule has 0 atom stereocenters. The van der Waals surface area contributed by atoms with Crippen LogP contribution in [0.4, 0.5) is 5.95 Å². The van der Waals surface area contributed by atoms with Crippen LogP contribution in [0.1, 0.15) is 18.4 Å². The van der Waals surface area contributed by atoms with E-state index in [0.717, 1.165) is 47.3 Å². The van der Waals surface area contributed by atoms with Gasteiger partial charge in [-0.1, -0.05) is 71.4 Å². The SMILES string of the molecule is CNC1(c2ccccc2)CCN(c2ncc(Sc3cccc(Cl)c3Cl)c3nncn23)CC1. The molecule has 0 amide bonds. The Morgan fingerprint density at radius 2 is 1.78 bits per heavy atom. The van der Waals surface area contributed by atoms with Gasteiger partial charge in [0, 0.05) is 29.7 Å². The van der Waals surface area contributed by atoms with E-state index in [-0.39, 0.29) is 5.54 Å². The fraction of sp³-hybridized carbons (Fsp3) is 0.261. The Morgan fingerprint density at radius 1 is 1.00 bits per heavy atom. The first kappa shape index (κ1) is 21.5. The highest BCUT2D eigenvalue weighted by Crippen LogP contribution is 2.39. The molecule has 164 valence electrons. The highest BCUT2D eigenvalue weighted by molar-refractivity contribution is 7.99. The van der Waals surface area contributed by atoms with Gasteiger partial charge in [0.05, 0.1) is 14.9 Å². The molecule has 0 aliphatic carbocycles. The van der Waals surface area contributed by atoms with Crippen molar-refractivity contribution in [2.45, 2.75) is 28.2 Å². The summed E-state index contributed by atoms with van der Waals surface area (Å²) in [6.07, 6.45) is 5.53. The van der Waals surface area contributed by atoms with E-state index >= 15 is 0 Å². The normalized spacial score (nSPS) is 15.9. The Labute approximate surface area is 201 Å². The first-order valence-electron chi connectivity index (χ1n) is 10.4. The number of halogens is 2. The van der Waals surface area contributed by atoms with Crippen LogP contribution in [0.2, 0.25) is 10.0 Å². The molecular formula is C23H22Cl2N6S. The summed E-state index contributed by atoms with van der Waals surface area (Å²) in [4.78, 5) is 8.83. The summed E-state index contributed by atoms with van der Waals surface area (Å²) in [5, 5.41) is 13.1. The van der Waals surface area contributed by atoms with E-state index in [0.29, 0.717) is 10.0 Å². The Bertz CT molecular complexity index is 1240. The topological polar surface area (TPSA) is 58.3 Å². The van der Waals surface area contributed by atoms with Crippen LogP contribution in [0.3, 0.4) is 0 Å². The van der Waals surface area contributed by atoms with Gasteiger partial charge >= 0.3 is 0 Å². The quantitative estimate of drug-likeness (QED) is 0.414. The molecule has 1 aliphatic rings. The Hall–Kier alpha value is -2.32. The van der Waals surface area contributed by atoms with Gasteiger partial charge in [0.25, 0.3) is 0 Å². The molecule has 2 aromatic heterocycles. The van der Waals surface area contributed by atoms with Crippen molar-refractivity contribution in [1.82, 2.24) is 24.9 Å². The van der Waals surface area contributed by atoms with Crippen molar-refractivity contribution in [1.29, 1.82) is 0 Å². The number of piperidine rings is 1. The van der Waals surface area contributed by atoms with Crippen molar-refractivity contribution in [2.75, 3.05) is 25.0 Å². The molecule has 0 unspecified atom stereocenters. The summed E-state index contributed by atoms with van der Waals surface area (Å²) in [6, 6.07) is 16.3. The van der Waals surface area contributed by atoms with E-state index < -0.39 is 0 Å². The highest BCUT2D eigenvalue weighted by Gasteiger charge is 2.35. The highest BCUT2D eigenvalue weighted by atomic mass is 35.5. The summed E-state index contributed by atoms with van der Waals surface area (Å²) in [5.74, 6) is 0.851. The Balaban J connectivity index is 1.41. The maximum atomic E-state index is 6.38. The summed E-state index contributed by atoms with van der Waals surface area (Å²) in [5.41, 5.74) is 2.06. The average molecular weight is 485 g/mol. The molecule has 3 heterocycles. The lowest BCUT2D eigenvalue weighted by molar-refractivity contribution is 0.281. The third-order valence-electron chi connectivity index (χ3n) is 6.12. The van der Waals surface area contributed by atoms with Crippen LogP contribution >= 0.6 is 35.0 Å². The summed E-state index contributed by atoms with van der Waals surface area (Å²) >= 11 is 14.0. The van der Waals surface area contributed by atoms with Crippen LogP contribution in [-0.2, 0) is 5.54 Å². The minimum Gasteiger partial charge on any atom is -0.342 e. The third kappa shape index (κ3) is 3.83. The second-order valence-electron chi connectivity index (χ2n) is 7.79. The number of anilines is 1. The summed E-state index contributed by atoms with van der Waals surface area (Å²) < 4.78 is 1.95. The number of benzene rings is 2. The smallest absolute Gasteiger partial charge is 0.212 e. The molecule has 5 rings (SSSR count). The van der Waals surface area contributed by atoms with Gasteiger partial charge in [-0.15, -0.1) is 10.2 Å². The van der Waals surface area contributed by atoms with Gasteiger partial charge in [-0.25, -0.2) is 9.38 Å². The third-order valence-corrected chi connectivity index (χ3v) is 8.12. The minimum atomic E-state index is -0.0246. The monoisotopic (exact) mass is 484 g/mol. The van der Waals surface area contributed by atoms with Crippen molar-refractivity contribution in [3.8, 4) is 0 Å². The molecule has 6 nitrogen and oxygen atoms in total. The van der Waals surface area contributed by atoms with Crippen molar-refractivity contribution < 1.29 is 0 Å². The second kappa shape index (κ2) is 8.90. The number of hydrogen-bond donors (Lipinski definition) is 1. The van der Waals surface area contributed by atoms with Crippen LogP contribution in [0, 0.1) is 0 Å². The fourth-order valence-electron chi connectivity index (χ4n) is 4.30. The van der Waals surface area contributed by atoms with Crippen LogP contribution < -0.4 is 10.2 Å². The van der Waals surface area contributed by atoms with Gasteiger partial charge in [0.2, 0.25) is 5.95 Å². The predicted octanol–water partition coefficient (Wildman–Crippen LogP) is 5.30. The maximum Gasteiger partial charge on any atom is 0.212 e.